The van der Waals surface area contributed by atoms with E-state index in [1.807, 2.05) is 0 Å². The van der Waals surface area contributed by atoms with E-state index in [0.29, 0.717) is 50.5 Å². The third kappa shape index (κ3) is 4.33. The van der Waals surface area contributed by atoms with E-state index in [1.165, 1.54) is 9.18 Å². The van der Waals surface area contributed by atoms with Crippen molar-refractivity contribution >= 4 is 33.6 Å². The van der Waals surface area contributed by atoms with Crippen LogP contribution in [-0.2, 0) is 21.4 Å². The van der Waals surface area contributed by atoms with Gasteiger partial charge in [-0.25, -0.2) is 13.1 Å². The van der Waals surface area contributed by atoms with E-state index in [2.05, 4.69) is 27.5 Å². The molecule has 2 saturated heterocycles. The Bertz CT molecular complexity index is 1230. The van der Waals surface area contributed by atoms with Gasteiger partial charge in [-0.3, -0.25) is 4.90 Å². The number of hydrogen-bond donors (Lipinski definition) is 0. The monoisotopic (exact) mass is 492 g/mol. The largest absolute Gasteiger partial charge is 0.409 e. The third-order valence-electron chi connectivity index (χ3n) is 5.85. The molecule has 0 aliphatic carbocycles. The lowest BCUT2D eigenvalue weighted by atomic mass is 10.2. The summed E-state index contributed by atoms with van der Waals surface area (Å²) in [4.78, 5) is 4.19. The standard InChI is InChI=1S/C21H24N4O4S3/c26-32(27,24-9-11-28-12-10-24)17-5-1-4-16(14-17)20-22-25(21(30)29-20)15-23-8-2-6-18(23)19-7-3-13-31-19/h1,3-5,7,13-14,18H,2,6,8-12,15H2/t18-/m1/s1. The fraction of sp³-hybridized carbons (Fsp3) is 0.429. The van der Waals surface area contributed by atoms with Crippen molar-refractivity contribution in [3.8, 4) is 11.5 Å². The Kier molecular flexibility index (Phi) is 6.28. The normalized spacial score (nSPS) is 20.7. The Morgan fingerprint density at radius 1 is 1.16 bits per heavy atom. The number of ether oxygens (including phenoxy) is 1. The molecule has 0 saturated carbocycles. The summed E-state index contributed by atoms with van der Waals surface area (Å²) in [6.45, 7) is 3.02. The minimum atomic E-state index is -3.60. The van der Waals surface area contributed by atoms with E-state index < -0.39 is 10.0 Å². The molecule has 3 aromatic rings. The van der Waals surface area contributed by atoms with Gasteiger partial charge in [-0.1, -0.05) is 12.1 Å². The van der Waals surface area contributed by atoms with Crippen LogP contribution in [0.2, 0.25) is 0 Å². The molecule has 32 heavy (non-hydrogen) atoms. The first-order valence-corrected chi connectivity index (χ1v) is 13.3. The Morgan fingerprint density at radius 3 is 2.78 bits per heavy atom. The van der Waals surface area contributed by atoms with Gasteiger partial charge in [-0.2, -0.15) is 4.31 Å². The molecule has 8 nitrogen and oxygen atoms in total. The zero-order chi connectivity index (χ0) is 22.1. The summed E-state index contributed by atoms with van der Waals surface area (Å²) in [5, 5.41) is 6.67. The van der Waals surface area contributed by atoms with Crippen molar-refractivity contribution in [1.29, 1.82) is 0 Å². The Labute approximate surface area is 196 Å². The highest BCUT2D eigenvalue weighted by molar-refractivity contribution is 7.89. The summed E-state index contributed by atoms with van der Waals surface area (Å²) in [6.07, 6.45) is 2.24. The first-order valence-electron chi connectivity index (χ1n) is 10.6. The molecule has 5 rings (SSSR count). The molecule has 2 fully saturated rings. The maximum atomic E-state index is 13.0. The topological polar surface area (TPSA) is 80.8 Å². The first-order chi connectivity index (χ1) is 15.5. The van der Waals surface area contributed by atoms with Gasteiger partial charge in [0.2, 0.25) is 15.9 Å². The van der Waals surface area contributed by atoms with E-state index in [4.69, 9.17) is 21.4 Å². The van der Waals surface area contributed by atoms with Gasteiger partial charge in [0.1, 0.15) is 0 Å². The summed E-state index contributed by atoms with van der Waals surface area (Å²) >= 11 is 7.19. The fourth-order valence-corrected chi connectivity index (χ4v) is 6.74. The van der Waals surface area contributed by atoms with Gasteiger partial charge in [0, 0.05) is 36.1 Å². The highest BCUT2D eigenvalue weighted by Crippen LogP contribution is 2.35. The SMILES string of the molecule is O=S(=O)(c1cccc(-c2nn(CN3CCC[C@@H]3c3cccs3)c(=S)o2)c1)N1CCOCC1. The molecule has 2 aromatic heterocycles. The van der Waals surface area contributed by atoms with Crippen LogP contribution in [0.5, 0.6) is 0 Å². The van der Waals surface area contributed by atoms with Gasteiger partial charge < -0.3 is 9.15 Å². The lowest BCUT2D eigenvalue weighted by Crippen LogP contribution is -2.40. The van der Waals surface area contributed by atoms with Gasteiger partial charge in [-0.05, 0) is 54.7 Å². The van der Waals surface area contributed by atoms with Crippen molar-refractivity contribution in [1.82, 2.24) is 19.0 Å². The van der Waals surface area contributed by atoms with Crippen LogP contribution >= 0.6 is 23.6 Å². The number of benzene rings is 1. The van der Waals surface area contributed by atoms with Crippen molar-refractivity contribution in [2.24, 2.45) is 0 Å². The number of hydrogen-bond acceptors (Lipinski definition) is 8. The van der Waals surface area contributed by atoms with Crippen LogP contribution in [0, 0.1) is 4.84 Å². The van der Waals surface area contributed by atoms with Gasteiger partial charge in [0.05, 0.1) is 24.8 Å². The van der Waals surface area contributed by atoms with Crippen LogP contribution < -0.4 is 0 Å². The summed E-state index contributed by atoms with van der Waals surface area (Å²) < 4.78 is 40.2. The summed E-state index contributed by atoms with van der Waals surface area (Å²) in [5.41, 5.74) is 0.584. The van der Waals surface area contributed by atoms with Crippen LogP contribution in [0.1, 0.15) is 23.8 Å². The van der Waals surface area contributed by atoms with Crippen molar-refractivity contribution in [2.45, 2.75) is 30.4 Å². The number of thiophene rings is 1. The minimum absolute atomic E-state index is 0.213. The zero-order valence-electron chi connectivity index (χ0n) is 17.4. The van der Waals surface area contributed by atoms with Gasteiger partial charge in [0.25, 0.3) is 4.84 Å². The molecule has 2 aliphatic rings. The molecule has 1 atom stereocenters. The van der Waals surface area contributed by atoms with Crippen LogP contribution in [0.25, 0.3) is 11.5 Å². The maximum Gasteiger partial charge on any atom is 0.288 e. The smallest absolute Gasteiger partial charge is 0.288 e. The number of nitrogens with zero attached hydrogens (tertiary/aromatic N) is 4. The van der Waals surface area contributed by atoms with Crippen molar-refractivity contribution in [3.05, 3.63) is 51.5 Å². The van der Waals surface area contributed by atoms with Crippen LogP contribution in [0.4, 0.5) is 0 Å². The Morgan fingerprint density at radius 2 is 2.00 bits per heavy atom. The van der Waals surface area contributed by atoms with Gasteiger partial charge in [-0.15, -0.1) is 16.4 Å². The second-order valence-electron chi connectivity index (χ2n) is 7.84. The summed E-state index contributed by atoms with van der Waals surface area (Å²) in [6, 6.07) is 11.3. The predicted octanol–water partition coefficient (Wildman–Crippen LogP) is 3.75. The van der Waals surface area contributed by atoms with E-state index >= 15 is 0 Å². The summed E-state index contributed by atoms with van der Waals surface area (Å²) in [7, 11) is -3.60. The molecule has 11 heteroatoms. The Balaban J connectivity index is 1.38. The zero-order valence-corrected chi connectivity index (χ0v) is 19.9. The predicted molar refractivity (Wildman–Crippen MR) is 123 cm³/mol. The molecule has 2 aliphatic heterocycles. The van der Waals surface area contributed by atoms with Crippen molar-refractivity contribution in [3.63, 3.8) is 0 Å². The van der Waals surface area contributed by atoms with E-state index in [9.17, 15) is 8.42 Å². The molecular formula is C21H24N4O4S3. The average molecular weight is 493 g/mol. The number of morpholine rings is 1. The molecule has 0 spiro atoms. The molecule has 0 amide bonds. The lowest BCUT2D eigenvalue weighted by Gasteiger charge is -2.26. The molecule has 1 aromatic carbocycles. The number of sulfonamides is 1. The second-order valence-corrected chi connectivity index (χ2v) is 11.1. The van der Waals surface area contributed by atoms with Gasteiger partial charge in [0.15, 0.2) is 0 Å². The second kappa shape index (κ2) is 9.16. The number of likely N-dealkylation sites (tertiary alicyclic amines) is 1. The van der Waals surface area contributed by atoms with E-state index in [0.717, 1.165) is 19.4 Å². The molecular weight excluding hydrogens is 468 g/mol. The maximum absolute atomic E-state index is 13.0. The number of aromatic nitrogens is 2. The van der Waals surface area contributed by atoms with E-state index in [-0.39, 0.29) is 9.73 Å². The van der Waals surface area contributed by atoms with E-state index in [1.54, 1.807) is 40.3 Å². The molecule has 170 valence electrons. The third-order valence-corrected chi connectivity index (χ3v) is 9.01. The van der Waals surface area contributed by atoms with Crippen LogP contribution in [0.3, 0.4) is 0 Å². The fourth-order valence-electron chi connectivity index (χ4n) is 4.21. The molecule has 0 radical (unpaired) electrons. The Hall–Kier alpha value is -1.89. The molecule has 0 unspecified atom stereocenters. The van der Waals surface area contributed by atoms with Crippen molar-refractivity contribution in [2.75, 3.05) is 32.8 Å². The molecule has 4 heterocycles. The van der Waals surface area contributed by atoms with Gasteiger partial charge >= 0.3 is 0 Å². The average Bonchev–Trinajstić information content (AvgIpc) is 3.57. The highest BCUT2D eigenvalue weighted by Gasteiger charge is 2.29. The molecule has 0 bridgehead atoms. The van der Waals surface area contributed by atoms with Crippen molar-refractivity contribution < 1.29 is 17.6 Å². The highest BCUT2D eigenvalue weighted by atomic mass is 32.2. The van der Waals surface area contributed by atoms with Crippen LogP contribution in [-0.4, -0.2) is 60.3 Å². The quantitative estimate of drug-likeness (QED) is 0.485. The first kappa shape index (κ1) is 21.9. The summed E-state index contributed by atoms with van der Waals surface area (Å²) in [5.74, 6) is 0.320. The van der Waals surface area contributed by atoms with Crippen LogP contribution in [0.15, 0.2) is 51.1 Å². The lowest BCUT2D eigenvalue weighted by molar-refractivity contribution is 0.0730. The minimum Gasteiger partial charge on any atom is -0.409 e. The number of rotatable bonds is 6. The molecule has 0 N–H and O–H groups in total.